The normalized spacial score (nSPS) is 17.2. The third kappa shape index (κ3) is 3.87. The van der Waals surface area contributed by atoms with Crippen LogP contribution >= 0.6 is 0 Å². The number of hydrogen-bond acceptors (Lipinski definition) is 3. The lowest BCUT2D eigenvalue weighted by molar-refractivity contribution is 0.0633. The summed E-state index contributed by atoms with van der Waals surface area (Å²) in [5.41, 5.74) is 3.63. The molecule has 160 valence electrons. The number of piperazine rings is 1. The minimum absolute atomic E-state index is 0.0205. The maximum Gasteiger partial charge on any atom is 0.320 e. The summed E-state index contributed by atoms with van der Waals surface area (Å²) in [4.78, 5) is 35.8. The molecule has 7 heteroatoms. The zero-order valence-corrected chi connectivity index (χ0v) is 17.6. The second-order valence-electron chi connectivity index (χ2n) is 8.26. The van der Waals surface area contributed by atoms with E-state index in [9.17, 15) is 9.59 Å². The number of piperidine rings is 1. The molecule has 0 radical (unpaired) electrons. The first kappa shape index (κ1) is 19.6. The van der Waals surface area contributed by atoms with Crippen molar-refractivity contribution in [2.24, 2.45) is 0 Å². The molecular formula is C24H27N5O2. The van der Waals surface area contributed by atoms with Gasteiger partial charge in [-0.3, -0.25) is 9.36 Å². The summed E-state index contributed by atoms with van der Waals surface area (Å²) < 4.78 is 2.02. The molecule has 2 aliphatic heterocycles. The van der Waals surface area contributed by atoms with Crippen LogP contribution in [0.25, 0.3) is 16.7 Å². The molecule has 3 heterocycles. The second-order valence-corrected chi connectivity index (χ2v) is 8.26. The molecule has 2 fully saturated rings. The molecule has 2 aromatic carbocycles. The molecule has 0 spiro atoms. The molecule has 0 saturated carbocycles. The van der Waals surface area contributed by atoms with E-state index < -0.39 is 0 Å². The molecule has 0 bridgehead atoms. The Kier molecular flexibility index (Phi) is 5.32. The topological polar surface area (TPSA) is 61.7 Å². The van der Waals surface area contributed by atoms with Crippen molar-refractivity contribution in [2.75, 3.05) is 39.3 Å². The van der Waals surface area contributed by atoms with Crippen LogP contribution in [0.5, 0.6) is 0 Å². The minimum Gasteiger partial charge on any atom is -0.335 e. The van der Waals surface area contributed by atoms with Crippen LogP contribution in [0, 0.1) is 0 Å². The van der Waals surface area contributed by atoms with E-state index in [4.69, 9.17) is 0 Å². The predicted octanol–water partition coefficient (Wildman–Crippen LogP) is 3.39. The van der Waals surface area contributed by atoms with Gasteiger partial charge in [0, 0.05) is 50.5 Å². The molecule has 1 aromatic heterocycles. The number of benzene rings is 2. The highest BCUT2D eigenvalue weighted by Gasteiger charge is 2.28. The number of imidazole rings is 1. The number of nitrogens with zero attached hydrogens (tertiary/aromatic N) is 5. The van der Waals surface area contributed by atoms with Gasteiger partial charge in [-0.2, -0.15) is 0 Å². The summed E-state index contributed by atoms with van der Waals surface area (Å²) in [7, 11) is 0. The van der Waals surface area contributed by atoms with Crippen molar-refractivity contribution in [1.29, 1.82) is 0 Å². The Morgan fingerprint density at radius 3 is 2.10 bits per heavy atom. The number of carbonyl (C=O) groups excluding carboxylic acids is 2. The minimum atomic E-state index is 0.0205. The first-order valence-corrected chi connectivity index (χ1v) is 11.1. The number of carbonyl (C=O) groups is 2. The van der Waals surface area contributed by atoms with E-state index in [-0.39, 0.29) is 11.9 Å². The lowest BCUT2D eigenvalue weighted by Gasteiger charge is -2.38. The molecule has 7 nitrogen and oxygen atoms in total. The van der Waals surface area contributed by atoms with Crippen molar-refractivity contribution in [3.8, 4) is 5.69 Å². The number of urea groups is 1. The van der Waals surface area contributed by atoms with Gasteiger partial charge < -0.3 is 14.7 Å². The highest BCUT2D eigenvalue weighted by atomic mass is 16.2. The van der Waals surface area contributed by atoms with E-state index in [1.807, 2.05) is 67.8 Å². The molecule has 0 unspecified atom stereocenters. The SMILES string of the molecule is O=C(c1ccc(-n2cnc3ccccc32)cc1)N1CCN(C(=O)N2CCCCC2)CC1. The average molecular weight is 418 g/mol. The number of hydrogen-bond donors (Lipinski definition) is 0. The molecule has 31 heavy (non-hydrogen) atoms. The van der Waals surface area contributed by atoms with Crippen molar-refractivity contribution in [1.82, 2.24) is 24.3 Å². The van der Waals surface area contributed by atoms with Crippen LogP contribution in [0.1, 0.15) is 29.6 Å². The van der Waals surface area contributed by atoms with Gasteiger partial charge in [-0.1, -0.05) is 12.1 Å². The smallest absolute Gasteiger partial charge is 0.320 e. The van der Waals surface area contributed by atoms with E-state index in [2.05, 4.69) is 4.98 Å². The van der Waals surface area contributed by atoms with Crippen LogP contribution in [-0.4, -0.2) is 75.5 Å². The number of likely N-dealkylation sites (tertiary alicyclic amines) is 1. The first-order valence-electron chi connectivity index (χ1n) is 11.1. The standard InChI is InChI=1S/C24H27N5O2/c30-23(26-14-16-28(17-15-26)24(31)27-12-4-1-5-13-27)19-8-10-20(11-9-19)29-18-25-21-6-2-3-7-22(21)29/h2-3,6-11,18H,1,4-5,12-17H2. The van der Waals surface area contributed by atoms with E-state index in [1.165, 1.54) is 6.42 Å². The monoisotopic (exact) mass is 417 g/mol. The molecular weight excluding hydrogens is 390 g/mol. The van der Waals surface area contributed by atoms with E-state index >= 15 is 0 Å². The second kappa shape index (κ2) is 8.41. The van der Waals surface area contributed by atoms with Crippen LogP contribution in [0.4, 0.5) is 4.79 Å². The third-order valence-corrected chi connectivity index (χ3v) is 6.31. The number of para-hydroxylation sites is 2. The predicted molar refractivity (Wildman–Crippen MR) is 119 cm³/mol. The van der Waals surface area contributed by atoms with Gasteiger partial charge in [-0.25, -0.2) is 9.78 Å². The Balaban J connectivity index is 1.22. The van der Waals surface area contributed by atoms with Gasteiger partial charge in [0.15, 0.2) is 0 Å². The Morgan fingerprint density at radius 1 is 0.710 bits per heavy atom. The molecule has 0 aliphatic carbocycles. The third-order valence-electron chi connectivity index (χ3n) is 6.31. The summed E-state index contributed by atoms with van der Waals surface area (Å²) >= 11 is 0. The van der Waals surface area contributed by atoms with Crippen LogP contribution in [-0.2, 0) is 0 Å². The largest absolute Gasteiger partial charge is 0.335 e. The van der Waals surface area contributed by atoms with Gasteiger partial charge in [0.2, 0.25) is 0 Å². The van der Waals surface area contributed by atoms with Gasteiger partial charge in [0.05, 0.1) is 11.0 Å². The fourth-order valence-electron chi connectivity index (χ4n) is 4.50. The Bertz CT molecular complexity index is 1080. The maximum atomic E-state index is 13.0. The zero-order chi connectivity index (χ0) is 21.2. The van der Waals surface area contributed by atoms with Crippen LogP contribution in [0.15, 0.2) is 54.9 Å². The summed E-state index contributed by atoms with van der Waals surface area (Å²) in [6.45, 7) is 4.06. The van der Waals surface area contributed by atoms with E-state index in [1.54, 1.807) is 6.33 Å². The van der Waals surface area contributed by atoms with Crippen molar-refractivity contribution in [2.45, 2.75) is 19.3 Å². The quantitative estimate of drug-likeness (QED) is 0.642. The van der Waals surface area contributed by atoms with Gasteiger partial charge in [-0.05, 0) is 55.7 Å². The van der Waals surface area contributed by atoms with E-state index in [0.29, 0.717) is 31.7 Å². The fourth-order valence-corrected chi connectivity index (χ4v) is 4.50. The molecule has 2 saturated heterocycles. The number of fused-ring (bicyclic) bond motifs is 1. The molecule has 3 aromatic rings. The fraction of sp³-hybridized carbons (Fsp3) is 0.375. The number of amides is 3. The number of aromatic nitrogens is 2. The summed E-state index contributed by atoms with van der Waals surface area (Å²) in [5.74, 6) is 0.0205. The molecule has 5 rings (SSSR count). The lowest BCUT2D eigenvalue weighted by Crippen LogP contribution is -2.54. The van der Waals surface area contributed by atoms with Crippen molar-refractivity contribution >= 4 is 23.0 Å². The highest BCUT2D eigenvalue weighted by molar-refractivity contribution is 5.94. The molecule has 0 atom stereocenters. The highest BCUT2D eigenvalue weighted by Crippen LogP contribution is 2.19. The van der Waals surface area contributed by atoms with Crippen molar-refractivity contribution < 1.29 is 9.59 Å². The Morgan fingerprint density at radius 2 is 1.35 bits per heavy atom. The first-order chi connectivity index (χ1) is 15.2. The average Bonchev–Trinajstić information content (AvgIpc) is 3.28. The summed E-state index contributed by atoms with van der Waals surface area (Å²) in [6.07, 6.45) is 5.20. The summed E-state index contributed by atoms with van der Waals surface area (Å²) in [6, 6.07) is 15.8. The van der Waals surface area contributed by atoms with Gasteiger partial charge in [0.1, 0.15) is 6.33 Å². The van der Waals surface area contributed by atoms with Gasteiger partial charge in [-0.15, -0.1) is 0 Å². The Labute approximate surface area is 181 Å². The molecule has 3 amide bonds. The zero-order valence-electron chi connectivity index (χ0n) is 17.6. The van der Waals surface area contributed by atoms with Crippen LogP contribution in [0.2, 0.25) is 0 Å². The lowest BCUT2D eigenvalue weighted by atomic mass is 10.1. The molecule has 0 N–H and O–H groups in total. The van der Waals surface area contributed by atoms with Crippen molar-refractivity contribution in [3.63, 3.8) is 0 Å². The molecule has 2 aliphatic rings. The van der Waals surface area contributed by atoms with Gasteiger partial charge in [0.25, 0.3) is 5.91 Å². The summed E-state index contributed by atoms with van der Waals surface area (Å²) in [5, 5.41) is 0. The van der Waals surface area contributed by atoms with E-state index in [0.717, 1.165) is 42.7 Å². The van der Waals surface area contributed by atoms with Crippen LogP contribution in [0.3, 0.4) is 0 Å². The van der Waals surface area contributed by atoms with Crippen LogP contribution < -0.4 is 0 Å². The Hall–Kier alpha value is -3.35. The van der Waals surface area contributed by atoms with Gasteiger partial charge >= 0.3 is 6.03 Å². The maximum absolute atomic E-state index is 13.0. The number of rotatable bonds is 2. The van der Waals surface area contributed by atoms with Crippen molar-refractivity contribution in [3.05, 3.63) is 60.4 Å².